The van der Waals surface area contributed by atoms with Crippen molar-refractivity contribution < 1.29 is 4.92 Å². The lowest BCUT2D eigenvalue weighted by molar-refractivity contribution is -0.431. The minimum Gasteiger partial charge on any atom is -0.259 e. The molecule has 7 heteroatoms. The molecule has 15 heavy (non-hydrogen) atoms. The first-order chi connectivity index (χ1) is 6.91. The summed E-state index contributed by atoms with van der Waals surface area (Å²) in [5.74, 6) is -0.183. The van der Waals surface area contributed by atoms with Gasteiger partial charge < -0.3 is 0 Å². The number of halogens is 2. The van der Waals surface area contributed by atoms with Crippen LogP contribution in [-0.4, -0.2) is 9.91 Å². The summed E-state index contributed by atoms with van der Waals surface area (Å²) in [6.45, 7) is 3.48. The fourth-order valence-corrected chi connectivity index (χ4v) is 2.25. The molecule has 0 spiro atoms. The number of thiazole rings is 1. The van der Waals surface area contributed by atoms with Gasteiger partial charge in [0.1, 0.15) is 5.15 Å². The molecule has 0 aromatic carbocycles. The van der Waals surface area contributed by atoms with E-state index in [2.05, 4.69) is 4.98 Å². The lowest BCUT2D eigenvalue weighted by Crippen LogP contribution is -2.05. The molecule has 0 atom stereocenters. The van der Waals surface area contributed by atoms with Gasteiger partial charge in [0.2, 0.25) is 5.70 Å². The van der Waals surface area contributed by atoms with E-state index in [0.717, 1.165) is 11.3 Å². The average molecular weight is 267 g/mol. The number of allylic oxidation sites excluding steroid dienone is 1. The van der Waals surface area contributed by atoms with Gasteiger partial charge in [-0.05, 0) is 0 Å². The highest BCUT2D eigenvalue weighted by atomic mass is 35.5. The van der Waals surface area contributed by atoms with Crippen molar-refractivity contribution in [1.82, 2.24) is 4.98 Å². The molecule has 0 N–H and O–H groups in total. The smallest absolute Gasteiger partial charge is 0.250 e. The zero-order chi connectivity index (χ0) is 11.6. The van der Waals surface area contributed by atoms with E-state index in [1.54, 1.807) is 13.8 Å². The number of rotatable bonds is 3. The summed E-state index contributed by atoms with van der Waals surface area (Å²) in [6.07, 6.45) is 1.41. The van der Waals surface area contributed by atoms with Gasteiger partial charge in [0.15, 0.2) is 4.47 Å². The molecule has 0 radical (unpaired) electrons. The Balaban J connectivity index is 3.13. The van der Waals surface area contributed by atoms with Crippen LogP contribution in [0, 0.1) is 16.0 Å². The number of nitrogens with zero attached hydrogens (tertiary/aromatic N) is 2. The summed E-state index contributed by atoms with van der Waals surface area (Å²) < 4.78 is 0.276. The molecule has 0 unspecified atom stereocenters. The van der Waals surface area contributed by atoms with Crippen LogP contribution in [0.4, 0.5) is 0 Å². The zero-order valence-corrected chi connectivity index (χ0v) is 10.4. The molecule has 0 fully saturated rings. The van der Waals surface area contributed by atoms with Gasteiger partial charge in [0, 0.05) is 12.0 Å². The fourth-order valence-electron chi connectivity index (χ4n) is 0.941. The van der Waals surface area contributed by atoms with Crippen LogP contribution in [0.3, 0.4) is 0 Å². The van der Waals surface area contributed by atoms with E-state index in [1.165, 1.54) is 6.08 Å². The number of hydrogen-bond acceptors (Lipinski definition) is 4. The van der Waals surface area contributed by atoms with Crippen LogP contribution in [0.15, 0.2) is 5.70 Å². The third-order valence-corrected chi connectivity index (χ3v) is 3.17. The van der Waals surface area contributed by atoms with E-state index in [0.29, 0.717) is 4.88 Å². The zero-order valence-electron chi connectivity index (χ0n) is 8.03. The van der Waals surface area contributed by atoms with Gasteiger partial charge in [-0.2, -0.15) is 0 Å². The number of aromatic nitrogens is 1. The van der Waals surface area contributed by atoms with Crippen molar-refractivity contribution in [3.05, 3.63) is 30.3 Å². The van der Waals surface area contributed by atoms with Crippen LogP contribution in [-0.2, 0) is 0 Å². The first-order valence-electron chi connectivity index (χ1n) is 4.09. The predicted molar refractivity (Wildman–Crippen MR) is 61.9 cm³/mol. The first-order valence-corrected chi connectivity index (χ1v) is 5.67. The maximum atomic E-state index is 10.7. The van der Waals surface area contributed by atoms with Crippen molar-refractivity contribution in [2.45, 2.75) is 13.8 Å². The van der Waals surface area contributed by atoms with Crippen LogP contribution < -0.4 is 0 Å². The predicted octanol–water partition coefficient (Wildman–Crippen LogP) is 3.72. The lowest BCUT2D eigenvalue weighted by atomic mass is 10.1. The standard InChI is InChI=1S/C8H8Cl2N2O2S/c1-4(2)5(12(13)14)3-6-7(9)11-8(10)15-6/h3-4H,1-2H3. The maximum Gasteiger partial charge on any atom is 0.250 e. The highest BCUT2D eigenvalue weighted by Gasteiger charge is 2.18. The summed E-state index contributed by atoms with van der Waals surface area (Å²) in [5, 5.41) is 10.9. The van der Waals surface area contributed by atoms with E-state index >= 15 is 0 Å². The molecule has 0 bridgehead atoms. The average Bonchev–Trinajstić information content (AvgIpc) is 2.39. The topological polar surface area (TPSA) is 56.0 Å². The van der Waals surface area contributed by atoms with Crippen LogP contribution in [0.1, 0.15) is 18.7 Å². The van der Waals surface area contributed by atoms with E-state index in [4.69, 9.17) is 23.2 Å². The summed E-state index contributed by atoms with van der Waals surface area (Å²) in [4.78, 5) is 14.6. The largest absolute Gasteiger partial charge is 0.259 e. The SMILES string of the molecule is CC(C)C(=Cc1sc(Cl)nc1Cl)[N+](=O)[O-]. The minimum absolute atomic E-state index is 0.0946. The first kappa shape index (κ1) is 12.4. The number of nitro groups is 1. The van der Waals surface area contributed by atoms with E-state index in [1.807, 2.05) is 0 Å². The van der Waals surface area contributed by atoms with Crippen molar-refractivity contribution in [3.8, 4) is 0 Å². The molecule has 82 valence electrons. The Hall–Kier alpha value is -0.650. The van der Waals surface area contributed by atoms with Gasteiger partial charge in [-0.1, -0.05) is 37.0 Å². The Morgan fingerprint density at radius 1 is 1.60 bits per heavy atom. The second-order valence-electron chi connectivity index (χ2n) is 3.10. The second-order valence-corrected chi connectivity index (χ2v) is 5.07. The van der Waals surface area contributed by atoms with Crippen molar-refractivity contribution >= 4 is 40.6 Å². The maximum absolute atomic E-state index is 10.7. The fraction of sp³-hybridized carbons (Fsp3) is 0.375. The minimum atomic E-state index is -0.422. The van der Waals surface area contributed by atoms with Crippen molar-refractivity contribution in [2.24, 2.45) is 5.92 Å². The van der Waals surface area contributed by atoms with Crippen LogP contribution in [0.2, 0.25) is 9.62 Å². The van der Waals surface area contributed by atoms with E-state index in [-0.39, 0.29) is 21.2 Å². The monoisotopic (exact) mass is 266 g/mol. The third kappa shape index (κ3) is 3.15. The highest BCUT2D eigenvalue weighted by Crippen LogP contribution is 2.29. The molecular weight excluding hydrogens is 259 g/mol. The molecule has 4 nitrogen and oxygen atoms in total. The molecule has 1 aromatic rings. The molecule has 0 aliphatic heterocycles. The van der Waals surface area contributed by atoms with Gasteiger partial charge in [-0.3, -0.25) is 10.1 Å². The van der Waals surface area contributed by atoms with Crippen molar-refractivity contribution in [2.75, 3.05) is 0 Å². The Bertz CT molecular complexity index is 415. The Morgan fingerprint density at radius 2 is 2.20 bits per heavy atom. The van der Waals surface area contributed by atoms with Gasteiger partial charge in [-0.25, -0.2) is 4.98 Å². The summed E-state index contributed by atoms with van der Waals surface area (Å²) in [7, 11) is 0. The Morgan fingerprint density at radius 3 is 2.53 bits per heavy atom. The Kier molecular flexibility index (Phi) is 4.07. The third-order valence-electron chi connectivity index (χ3n) is 1.66. The summed E-state index contributed by atoms with van der Waals surface area (Å²) >= 11 is 12.5. The second kappa shape index (κ2) is 4.92. The van der Waals surface area contributed by atoms with Crippen molar-refractivity contribution in [3.63, 3.8) is 0 Å². The molecule has 1 heterocycles. The molecule has 0 amide bonds. The van der Waals surface area contributed by atoms with E-state index < -0.39 is 4.92 Å². The van der Waals surface area contributed by atoms with Crippen molar-refractivity contribution in [1.29, 1.82) is 0 Å². The summed E-state index contributed by atoms with van der Waals surface area (Å²) in [6, 6.07) is 0. The van der Waals surface area contributed by atoms with Crippen LogP contribution in [0.5, 0.6) is 0 Å². The summed E-state index contributed by atoms with van der Waals surface area (Å²) in [5.41, 5.74) is 0.0946. The van der Waals surface area contributed by atoms with Gasteiger partial charge in [0.25, 0.3) is 0 Å². The molecule has 1 aromatic heterocycles. The molecule has 0 saturated heterocycles. The van der Waals surface area contributed by atoms with Crippen LogP contribution in [0.25, 0.3) is 6.08 Å². The quantitative estimate of drug-likeness (QED) is 0.619. The molecule has 0 aliphatic rings. The normalized spacial score (nSPS) is 12.2. The molecular formula is C8H8Cl2N2O2S. The van der Waals surface area contributed by atoms with Gasteiger partial charge in [0.05, 0.1) is 9.80 Å². The molecule has 0 aliphatic carbocycles. The Labute approximate surface area is 101 Å². The molecule has 1 rings (SSSR count). The molecule has 0 saturated carbocycles. The van der Waals surface area contributed by atoms with Gasteiger partial charge in [-0.15, -0.1) is 11.3 Å². The van der Waals surface area contributed by atoms with Crippen LogP contribution >= 0.6 is 34.5 Å². The van der Waals surface area contributed by atoms with E-state index in [9.17, 15) is 10.1 Å². The highest BCUT2D eigenvalue weighted by molar-refractivity contribution is 7.17. The number of hydrogen-bond donors (Lipinski definition) is 0. The van der Waals surface area contributed by atoms with Gasteiger partial charge >= 0.3 is 0 Å². The lowest BCUT2D eigenvalue weighted by Gasteiger charge is -2.00.